The number of pyridine rings is 1. The van der Waals surface area contributed by atoms with Crippen molar-refractivity contribution in [1.82, 2.24) is 9.38 Å². The Morgan fingerprint density at radius 2 is 1.73 bits per heavy atom. The molecule has 2 N–H and O–H groups in total. The number of aromatic hydroxyl groups is 1. The van der Waals surface area contributed by atoms with Crippen molar-refractivity contribution in [1.29, 1.82) is 0 Å². The SMILES string of the molecule is COc1ccccc1Nc1c(-c2ccccc2O)nc2cccc(C)n12. The Hall–Kier alpha value is -3.47. The fourth-order valence-corrected chi connectivity index (χ4v) is 3.11. The lowest BCUT2D eigenvalue weighted by atomic mass is 10.1. The monoisotopic (exact) mass is 345 g/mol. The van der Waals surface area contributed by atoms with Crippen LogP contribution in [-0.2, 0) is 0 Å². The topological polar surface area (TPSA) is 58.8 Å². The van der Waals surface area contributed by atoms with Gasteiger partial charge in [0, 0.05) is 11.3 Å². The first-order chi connectivity index (χ1) is 12.7. The van der Waals surface area contributed by atoms with Crippen LogP contribution in [0.2, 0.25) is 0 Å². The summed E-state index contributed by atoms with van der Waals surface area (Å²) in [6.45, 7) is 2.02. The van der Waals surface area contributed by atoms with Gasteiger partial charge < -0.3 is 15.2 Å². The van der Waals surface area contributed by atoms with Crippen molar-refractivity contribution < 1.29 is 9.84 Å². The summed E-state index contributed by atoms with van der Waals surface area (Å²) < 4.78 is 7.50. The molecule has 2 aromatic carbocycles. The number of phenols is 1. The predicted molar refractivity (Wildman–Crippen MR) is 103 cm³/mol. The highest BCUT2D eigenvalue weighted by Gasteiger charge is 2.18. The van der Waals surface area contributed by atoms with Gasteiger partial charge in [-0.3, -0.25) is 4.40 Å². The minimum Gasteiger partial charge on any atom is -0.507 e. The average molecular weight is 345 g/mol. The number of nitrogens with one attached hydrogen (secondary N) is 1. The molecule has 2 aromatic heterocycles. The third-order valence-electron chi connectivity index (χ3n) is 4.36. The van der Waals surface area contributed by atoms with E-state index in [1.165, 1.54) is 0 Å². The summed E-state index contributed by atoms with van der Waals surface area (Å²) >= 11 is 0. The Morgan fingerprint density at radius 3 is 2.54 bits per heavy atom. The molecule has 4 aromatic rings. The second kappa shape index (κ2) is 6.44. The molecule has 0 fully saturated rings. The largest absolute Gasteiger partial charge is 0.507 e. The second-order valence-corrected chi connectivity index (χ2v) is 6.01. The number of ether oxygens (including phenoxy) is 1. The molecule has 0 aliphatic heterocycles. The number of phenolic OH excluding ortho intramolecular Hbond substituents is 1. The van der Waals surface area contributed by atoms with Crippen LogP contribution in [0, 0.1) is 6.92 Å². The number of anilines is 2. The normalized spacial score (nSPS) is 10.8. The van der Waals surface area contributed by atoms with Gasteiger partial charge >= 0.3 is 0 Å². The molecule has 4 rings (SSSR count). The van der Waals surface area contributed by atoms with Gasteiger partial charge in [-0.05, 0) is 43.3 Å². The molecule has 0 unspecified atom stereocenters. The maximum absolute atomic E-state index is 10.3. The molecule has 0 bridgehead atoms. The van der Waals surface area contributed by atoms with Crippen LogP contribution in [0.3, 0.4) is 0 Å². The summed E-state index contributed by atoms with van der Waals surface area (Å²) in [6.07, 6.45) is 0. The molecule has 0 amide bonds. The third-order valence-corrected chi connectivity index (χ3v) is 4.36. The Kier molecular flexibility index (Phi) is 3.97. The lowest BCUT2D eigenvalue weighted by Crippen LogP contribution is -2.01. The van der Waals surface area contributed by atoms with Crippen LogP contribution in [-0.4, -0.2) is 21.6 Å². The van der Waals surface area contributed by atoms with E-state index in [1.54, 1.807) is 19.2 Å². The molecule has 0 spiro atoms. The first kappa shape index (κ1) is 16.0. The molecule has 0 radical (unpaired) electrons. The molecule has 0 atom stereocenters. The molecule has 0 aliphatic carbocycles. The number of para-hydroxylation sites is 3. The van der Waals surface area contributed by atoms with E-state index in [4.69, 9.17) is 9.72 Å². The van der Waals surface area contributed by atoms with Crippen LogP contribution in [0.15, 0.2) is 66.7 Å². The van der Waals surface area contributed by atoms with Crippen molar-refractivity contribution in [3.63, 3.8) is 0 Å². The van der Waals surface area contributed by atoms with Crippen LogP contribution in [0.1, 0.15) is 5.69 Å². The maximum Gasteiger partial charge on any atom is 0.143 e. The summed E-state index contributed by atoms with van der Waals surface area (Å²) in [4.78, 5) is 4.76. The van der Waals surface area contributed by atoms with Crippen molar-refractivity contribution in [3.05, 3.63) is 72.4 Å². The highest BCUT2D eigenvalue weighted by Crippen LogP contribution is 2.38. The number of aryl methyl sites for hydroxylation is 1. The minimum absolute atomic E-state index is 0.191. The molecule has 5 nitrogen and oxygen atoms in total. The summed E-state index contributed by atoms with van der Waals surface area (Å²) in [5, 5.41) is 13.8. The quantitative estimate of drug-likeness (QED) is 0.559. The molecule has 26 heavy (non-hydrogen) atoms. The number of hydrogen-bond donors (Lipinski definition) is 2. The molecule has 0 saturated carbocycles. The molecule has 5 heteroatoms. The van der Waals surface area contributed by atoms with Crippen LogP contribution in [0.25, 0.3) is 16.9 Å². The number of nitrogens with zero attached hydrogens (tertiary/aromatic N) is 2. The van der Waals surface area contributed by atoms with Crippen LogP contribution in [0.5, 0.6) is 11.5 Å². The summed E-state index contributed by atoms with van der Waals surface area (Å²) in [6, 6.07) is 20.9. The van der Waals surface area contributed by atoms with E-state index in [0.717, 1.165) is 28.6 Å². The number of imidazole rings is 1. The zero-order chi connectivity index (χ0) is 18.1. The standard InChI is InChI=1S/C21H19N3O2/c1-14-8-7-13-19-23-20(15-9-3-5-11-17(15)25)21(24(14)19)22-16-10-4-6-12-18(16)26-2/h3-13,22,25H,1-2H3. The van der Waals surface area contributed by atoms with E-state index in [9.17, 15) is 5.11 Å². The Morgan fingerprint density at radius 1 is 0.962 bits per heavy atom. The smallest absolute Gasteiger partial charge is 0.143 e. The number of fused-ring (bicyclic) bond motifs is 1. The van der Waals surface area contributed by atoms with E-state index < -0.39 is 0 Å². The van der Waals surface area contributed by atoms with Gasteiger partial charge in [0.05, 0.1) is 12.8 Å². The van der Waals surface area contributed by atoms with Gasteiger partial charge in [0.15, 0.2) is 0 Å². The number of aromatic nitrogens is 2. The van der Waals surface area contributed by atoms with Crippen molar-refractivity contribution in [3.8, 4) is 22.8 Å². The highest BCUT2D eigenvalue weighted by atomic mass is 16.5. The first-order valence-corrected chi connectivity index (χ1v) is 8.35. The third kappa shape index (κ3) is 2.63. The van der Waals surface area contributed by atoms with Gasteiger partial charge in [0.2, 0.25) is 0 Å². The van der Waals surface area contributed by atoms with Crippen LogP contribution in [0.4, 0.5) is 11.5 Å². The minimum atomic E-state index is 0.191. The number of hydrogen-bond acceptors (Lipinski definition) is 4. The summed E-state index contributed by atoms with van der Waals surface area (Å²) in [5.74, 6) is 1.71. The van der Waals surface area contributed by atoms with Crippen LogP contribution >= 0.6 is 0 Å². The van der Waals surface area contributed by atoms with Gasteiger partial charge in [-0.15, -0.1) is 0 Å². The van der Waals surface area contributed by atoms with Crippen molar-refractivity contribution in [2.24, 2.45) is 0 Å². The zero-order valence-corrected chi connectivity index (χ0v) is 14.6. The summed E-state index contributed by atoms with van der Waals surface area (Å²) in [5.41, 5.74) is 4.03. The van der Waals surface area contributed by atoms with Gasteiger partial charge in [-0.25, -0.2) is 4.98 Å². The highest BCUT2D eigenvalue weighted by molar-refractivity contribution is 5.83. The zero-order valence-electron chi connectivity index (χ0n) is 14.6. The van der Waals surface area contributed by atoms with E-state index in [1.807, 2.05) is 65.9 Å². The second-order valence-electron chi connectivity index (χ2n) is 6.01. The number of methoxy groups -OCH3 is 1. The molecular formula is C21H19N3O2. The Labute approximate surface area is 151 Å². The summed E-state index contributed by atoms with van der Waals surface area (Å²) in [7, 11) is 1.64. The maximum atomic E-state index is 10.3. The lowest BCUT2D eigenvalue weighted by Gasteiger charge is -2.13. The van der Waals surface area contributed by atoms with Crippen LogP contribution < -0.4 is 10.1 Å². The number of rotatable bonds is 4. The predicted octanol–water partition coefficient (Wildman–Crippen LogP) is 4.77. The molecule has 0 saturated heterocycles. The Bertz CT molecular complexity index is 1090. The first-order valence-electron chi connectivity index (χ1n) is 8.35. The van der Waals surface area contributed by atoms with E-state index in [2.05, 4.69) is 5.32 Å². The van der Waals surface area contributed by atoms with Gasteiger partial charge in [0.1, 0.15) is 28.7 Å². The lowest BCUT2D eigenvalue weighted by molar-refractivity contribution is 0.417. The van der Waals surface area contributed by atoms with E-state index in [-0.39, 0.29) is 5.75 Å². The van der Waals surface area contributed by atoms with Crippen molar-refractivity contribution in [2.45, 2.75) is 6.92 Å². The Balaban J connectivity index is 1.97. The van der Waals surface area contributed by atoms with E-state index in [0.29, 0.717) is 11.3 Å². The molecular weight excluding hydrogens is 326 g/mol. The molecule has 130 valence electrons. The van der Waals surface area contributed by atoms with Gasteiger partial charge in [-0.2, -0.15) is 0 Å². The van der Waals surface area contributed by atoms with Crippen molar-refractivity contribution >= 4 is 17.2 Å². The van der Waals surface area contributed by atoms with Crippen molar-refractivity contribution in [2.75, 3.05) is 12.4 Å². The van der Waals surface area contributed by atoms with Gasteiger partial charge in [0.25, 0.3) is 0 Å². The fraction of sp³-hybridized carbons (Fsp3) is 0.0952. The fourth-order valence-electron chi connectivity index (χ4n) is 3.11. The van der Waals surface area contributed by atoms with E-state index >= 15 is 0 Å². The average Bonchev–Trinajstić information content (AvgIpc) is 3.02. The number of benzene rings is 2. The molecule has 0 aliphatic rings. The van der Waals surface area contributed by atoms with Gasteiger partial charge in [-0.1, -0.05) is 30.3 Å². The molecule has 2 heterocycles.